The summed E-state index contributed by atoms with van der Waals surface area (Å²) in [5, 5.41) is 0. The quantitative estimate of drug-likeness (QED) is 0.173. The molecule has 0 radical (unpaired) electrons. The van der Waals surface area contributed by atoms with Crippen molar-refractivity contribution in [1.82, 2.24) is 0 Å². The summed E-state index contributed by atoms with van der Waals surface area (Å²) in [4.78, 5) is 0. The third-order valence-electron chi connectivity index (χ3n) is 13.3. The molecule has 0 heteroatoms. The van der Waals surface area contributed by atoms with Gasteiger partial charge in [0, 0.05) is 26.0 Å². The van der Waals surface area contributed by atoms with Crippen LogP contribution in [0.5, 0.6) is 0 Å². The summed E-state index contributed by atoms with van der Waals surface area (Å²) >= 11 is 0. The number of hydrogen-bond donors (Lipinski definition) is 0. The molecule has 0 aliphatic heterocycles. The molecule has 0 aliphatic carbocycles. The Labute approximate surface area is 580 Å². The second-order valence-electron chi connectivity index (χ2n) is 30.4. The topological polar surface area (TPSA) is 0 Å². The van der Waals surface area contributed by atoms with E-state index in [0.29, 0.717) is 35.0 Å². The van der Waals surface area contributed by atoms with Gasteiger partial charge in [-0.3, -0.25) is 0 Å². The van der Waals surface area contributed by atoms with Crippen molar-refractivity contribution in [3.63, 3.8) is 0 Å². The SMILES string of the molecule is CC.CC(C)(C)C.Cc1c(C(C)C)cc(C(C)C)cc1C(C)C.Cc1c(C(C)C)cccc1C(C)C.Cc1cc(C)c(C)c(C)c1.Cc1ccc(C(C)(C)C)cc1C(C)(C)C.[2H]C(C)(C)C.[2H]C([2H])(C)C(C)(C)C.[2H]C([2H])(C)C(C)C.[2H]C([2H])([2H])C(C)(C([2H])([2H])[2H])C([2H])([2H])C.[2H]C([2H])([2H])C([2H])(C)C([2H])([2H])C. The maximum absolute atomic E-state index is 7.34. The molecule has 87 heavy (non-hydrogen) atoms. The Morgan fingerprint density at radius 1 is 0.414 bits per heavy atom. The zero-order valence-corrected chi connectivity index (χ0v) is 66.2. The molecule has 0 aromatic heterocycles. The van der Waals surface area contributed by atoms with E-state index in [0.717, 1.165) is 27.7 Å². The van der Waals surface area contributed by atoms with Gasteiger partial charge < -0.3 is 0 Å². The van der Waals surface area contributed by atoms with Gasteiger partial charge in [0.05, 0.1) is 0 Å². The fourth-order valence-corrected chi connectivity index (χ4v) is 7.39. The van der Waals surface area contributed by atoms with Crippen LogP contribution < -0.4 is 0 Å². The van der Waals surface area contributed by atoms with Gasteiger partial charge >= 0.3 is 0 Å². The Balaban J connectivity index is -0.000000209. The molecule has 0 heterocycles. The molecular weight excluding hydrogens is 1040 g/mol. The maximum atomic E-state index is 7.34. The monoisotopic (exact) mass is 1230 g/mol. The van der Waals surface area contributed by atoms with Gasteiger partial charge in [0.25, 0.3) is 0 Å². The highest BCUT2D eigenvalue weighted by Gasteiger charge is 2.21. The molecule has 0 amide bonds. The Morgan fingerprint density at radius 3 is 0.943 bits per heavy atom. The van der Waals surface area contributed by atoms with Crippen LogP contribution in [0.25, 0.3) is 0 Å². The molecule has 0 spiro atoms. The molecule has 512 valence electrons. The van der Waals surface area contributed by atoms with E-state index in [1.165, 1.54) is 77.9 Å². The molecule has 0 bridgehead atoms. The number of rotatable bonds is 7. The predicted molar refractivity (Wildman–Crippen MR) is 414 cm³/mol. The van der Waals surface area contributed by atoms with E-state index >= 15 is 0 Å². The van der Waals surface area contributed by atoms with E-state index in [2.05, 4.69) is 248 Å². The van der Waals surface area contributed by atoms with Crippen LogP contribution in [0.4, 0.5) is 0 Å². The molecular formula is C87H164. The zero-order chi connectivity index (χ0) is 87.6. The lowest BCUT2D eigenvalue weighted by Crippen LogP contribution is -2.17. The number of hydrogen-bond acceptors (Lipinski definition) is 0. The molecule has 0 nitrogen and oxygen atoms in total. The van der Waals surface area contributed by atoms with Crippen molar-refractivity contribution < 1.29 is 26.0 Å². The van der Waals surface area contributed by atoms with Crippen LogP contribution in [-0.4, -0.2) is 0 Å². The van der Waals surface area contributed by atoms with Crippen molar-refractivity contribution >= 4 is 0 Å². The molecule has 0 aliphatic rings. The lowest BCUT2D eigenvalue weighted by atomic mass is 9.79. The van der Waals surface area contributed by atoms with Crippen molar-refractivity contribution in [2.24, 2.45) is 34.0 Å². The summed E-state index contributed by atoms with van der Waals surface area (Å²) < 4.78 is 135. The first-order valence-corrected chi connectivity index (χ1v) is 33.0. The summed E-state index contributed by atoms with van der Waals surface area (Å²) in [5.41, 5.74) is 18.8. The van der Waals surface area contributed by atoms with Crippen molar-refractivity contribution in [2.45, 2.75) is 384 Å². The normalized spacial score (nSPS) is 16.3. The number of aryl methyl sites for hydroxylation is 4. The minimum Gasteiger partial charge on any atom is -0.0683 e. The highest BCUT2D eigenvalue weighted by atomic mass is 14.3. The summed E-state index contributed by atoms with van der Waals surface area (Å²) in [6.07, 6.45) is -6.38. The highest BCUT2D eigenvalue weighted by Crippen LogP contribution is 2.33. The van der Waals surface area contributed by atoms with Crippen LogP contribution in [0.3, 0.4) is 0 Å². The minimum atomic E-state index is -2.86. The van der Waals surface area contributed by atoms with E-state index < -0.39 is 57.4 Å². The first kappa shape index (κ1) is 62.7. The molecule has 0 N–H and O–H groups in total. The predicted octanol–water partition coefficient (Wildman–Crippen LogP) is 30.8. The van der Waals surface area contributed by atoms with Crippen LogP contribution in [0.15, 0.2) is 60.7 Å². The van der Waals surface area contributed by atoms with Crippen LogP contribution in [0.2, 0.25) is 0 Å². The highest BCUT2D eigenvalue weighted by molar-refractivity contribution is 5.43. The second-order valence-corrected chi connectivity index (χ2v) is 30.4. The molecule has 4 aromatic rings. The first-order valence-electron chi connectivity index (χ1n) is 42.5. The van der Waals surface area contributed by atoms with Crippen molar-refractivity contribution in [2.75, 3.05) is 0 Å². The van der Waals surface area contributed by atoms with Gasteiger partial charge in [0.2, 0.25) is 0 Å². The zero-order valence-electron chi connectivity index (χ0n) is 85.2. The maximum Gasteiger partial charge on any atom is 0.0297 e. The van der Waals surface area contributed by atoms with Crippen LogP contribution in [-0.2, 0) is 10.8 Å². The van der Waals surface area contributed by atoms with Crippen LogP contribution >= 0.6 is 0 Å². The van der Waals surface area contributed by atoms with Crippen molar-refractivity contribution in [1.29, 1.82) is 0 Å². The standard InChI is InChI=1S/C16H26.C15H24.C13H20.C10H14.2C6H14.3C5H12.C4H10.C2H6/c1-10(2)14-8-15(11(3)4)13(7)16(9-14)12(5)6;1-11-8-9-12(14(2,3)4)10-13(11)15(5,6)7;1-9(2)12-7-6-8-13(10(3)4)11(12)5;1-7-5-8(2)10(4)9(3)6-7;2*1-5-6(2,3)4;1-5(2,3)4;2*1-4-5(2)3;1-4(2)3;1-2/h8-12H,1-7H3;8-10H,1-7H3;6-10H,1-5H3;5-6H,1-4H3;2*5H2,1-4H3;1-4H3;2*5H,4H2,1-3H3;4H,1-3H3;1-2H3/i;;;;2D3,3D3,5D2;5D2;;2D3,4D2,5D;4D2;4D;. The van der Waals surface area contributed by atoms with Gasteiger partial charge in [-0.25, -0.2) is 0 Å². The molecule has 0 fully saturated rings. The van der Waals surface area contributed by atoms with Gasteiger partial charge in [0.15, 0.2) is 0 Å². The van der Waals surface area contributed by atoms with E-state index in [-0.39, 0.29) is 28.1 Å². The largest absolute Gasteiger partial charge is 0.0683 e. The van der Waals surface area contributed by atoms with Crippen LogP contribution in [0, 0.1) is 82.4 Å². The summed E-state index contributed by atoms with van der Waals surface area (Å²) in [6.45, 7) is 78.5. The summed E-state index contributed by atoms with van der Waals surface area (Å²) in [7, 11) is 0. The van der Waals surface area contributed by atoms with E-state index in [9.17, 15) is 0 Å². The third-order valence-corrected chi connectivity index (χ3v) is 13.3. The lowest BCUT2D eigenvalue weighted by Gasteiger charge is -2.26. The second kappa shape index (κ2) is 48.6. The summed E-state index contributed by atoms with van der Waals surface area (Å²) in [5.74, 6) is 0.980. The van der Waals surface area contributed by atoms with Gasteiger partial charge in [-0.05, 0) is 195 Å². The Bertz CT molecular complexity index is 2880. The molecule has 1 atom stereocenters. The molecule has 1 unspecified atom stereocenters. The average molecular weight is 1230 g/mol. The minimum absolute atomic E-state index is 0.132. The Kier molecular flexibility index (Phi) is 35.0. The summed E-state index contributed by atoms with van der Waals surface area (Å²) in [6, 6.07) is 22.8. The first-order chi connectivity index (χ1) is 46.1. The third kappa shape index (κ3) is 56.6. The molecule has 4 rings (SSSR count). The van der Waals surface area contributed by atoms with Gasteiger partial charge in [-0.2, -0.15) is 0 Å². The molecule has 0 saturated carbocycles. The van der Waals surface area contributed by atoms with E-state index in [4.69, 9.17) is 26.0 Å². The van der Waals surface area contributed by atoms with E-state index in [1.807, 2.05) is 69.2 Å². The van der Waals surface area contributed by atoms with Gasteiger partial charge in [0.1, 0.15) is 0 Å². The fourth-order valence-electron chi connectivity index (χ4n) is 7.39. The fraction of sp³-hybridized carbons (Fsp3) is 0.724. The molecule has 0 saturated heterocycles. The average Bonchev–Trinajstić information content (AvgIpc) is 0.738. The number of benzene rings is 4. The van der Waals surface area contributed by atoms with Crippen molar-refractivity contribution in [3.05, 3.63) is 139 Å². The Morgan fingerprint density at radius 2 is 0.736 bits per heavy atom. The van der Waals surface area contributed by atoms with E-state index in [1.54, 1.807) is 13.8 Å². The molecule has 4 aromatic carbocycles. The van der Waals surface area contributed by atoms with Gasteiger partial charge in [-0.15, -0.1) is 0 Å². The lowest BCUT2D eigenvalue weighted by molar-refractivity contribution is 0.397. The van der Waals surface area contributed by atoms with Crippen molar-refractivity contribution in [3.8, 4) is 0 Å². The Hall–Kier alpha value is -3.12. The van der Waals surface area contributed by atoms with Gasteiger partial charge in [-0.1, -0.05) is 362 Å². The van der Waals surface area contributed by atoms with Crippen LogP contribution in [0.1, 0.15) is 429 Å². The smallest absolute Gasteiger partial charge is 0.0297 e.